The van der Waals surface area contributed by atoms with Crippen LogP contribution < -0.4 is 5.32 Å². The smallest absolute Gasteiger partial charge is 0.137 e. The monoisotopic (exact) mass is 307 g/mol. The van der Waals surface area contributed by atoms with Gasteiger partial charge in [-0.25, -0.2) is 9.97 Å². The molecule has 4 rings (SSSR count). The molecule has 0 unspecified atom stereocenters. The van der Waals surface area contributed by atoms with Crippen molar-refractivity contribution in [3.05, 3.63) is 53.4 Å². The molecule has 5 nitrogen and oxygen atoms in total. The van der Waals surface area contributed by atoms with Crippen molar-refractivity contribution < 1.29 is 0 Å². The van der Waals surface area contributed by atoms with Crippen LogP contribution in [0.1, 0.15) is 29.3 Å². The van der Waals surface area contributed by atoms with Gasteiger partial charge in [0, 0.05) is 29.9 Å². The lowest BCUT2D eigenvalue weighted by molar-refractivity contribution is 0.713. The van der Waals surface area contributed by atoms with Gasteiger partial charge >= 0.3 is 0 Å². The lowest BCUT2D eigenvalue weighted by Crippen LogP contribution is -2.06. The van der Waals surface area contributed by atoms with E-state index >= 15 is 0 Å². The van der Waals surface area contributed by atoms with Crippen LogP contribution in [0.5, 0.6) is 0 Å². The molecule has 0 aliphatic carbocycles. The third kappa shape index (κ3) is 2.63. The molecule has 1 aromatic carbocycles. The van der Waals surface area contributed by atoms with Gasteiger partial charge in [-0.15, -0.1) is 0 Å². The van der Waals surface area contributed by atoms with E-state index in [2.05, 4.69) is 49.1 Å². The number of benzene rings is 1. The minimum Gasteiger partial charge on any atom is -0.379 e. The van der Waals surface area contributed by atoms with Crippen LogP contribution in [0, 0.1) is 13.8 Å². The number of hydrogen-bond acceptors (Lipinski definition) is 3. The van der Waals surface area contributed by atoms with E-state index in [0.717, 1.165) is 48.0 Å². The summed E-state index contributed by atoms with van der Waals surface area (Å²) in [5.74, 6) is 2.14. The summed E-state index contributed by atoms with van der Waals surface area (Å²) in [5.41, 5.74) is 5.63. The van der Waals surface area contributed by atoms with Crippen LogP contribution in [0.4, 0.5) is 5.69 Å². The van der Waals surface area contributed by atoms with Gasteiger partial charge in [0.05, 0.1) is 24.1 Å². The molecule has 5 heteroatoms. The Balaban J connectivity index is 1.52. The van der Waals surface area contributed by atoms with Crippen LogP contribution in [0.15, 0.2) is 30.5 Å². The molecule has 1 aliphatic heterocycles. The summed E-state index contributed by atoms with van der Waals surface area (Å²) < 4.78 is 2.33. The first-order chi connectivity index (χ1) is 11.2. The second-order valence-electron chi connectivity index (χ2n) is 6.15. The van der Waals surface area contributed by atoms with Crippen LogP contribution in [0.25, 0.3) is 11.4 Å². The molecule has 0 bridgehead atoms. The maximum Gasteiger partial charge on any atom is 0.137 e. The Bertz CT molecular complexity index is 823. The lowest BCUT2D eigenvalue weighted by Gasteiger charge is -2.09. The van der Waals surface area contributed by atoms with Gasteiger partial charge in [0.15, 0.2) is 0 Å². The minimum absolute atomic E-state index is 0.798. The molecule has 3 aromatic rings. The summed E-state index contributed by atoms with van der Waals surface area (Å²) in [6, 6.07) is 8.37. The van der Waals surface area contributed by atoms with Crippen LogP contribution in [-0.2, 0) is 19.5 Å². The Labute approximate surface area is 135 Å². The van der Waals surface area contributed by atoms with Crippen LogP contribution in [-0.4, -0.2) is 19.5 Å². The average molecular weight is 307 g/mol. The zero-order valence-corrected chi connectivity index (χ0v) is 13.6. The van der Waals surface area contributed by atoms with Gasteiger partial charge in [-0.2, -0.15) is 0 Å². The number of nitrogens with zero attached hydrogens (tertiary/aromatic N) is 3. The molecule has 0 saturated heterocycles. The largest absolute Gasteiger partial charge is 0.379 e. The summed E-state index contributed by atoms with van der Waals surface area (Å²) in [4.78, 5) is 12.4. The fourth-order valence-corrected chi connectivity index (χ4v) is 3.12. The van der Waals surface area contributed by atoms with E-state index in [1.165, 1.54) is 17.9 Å². The van der Waals surface area contributed by atoms with Gasteiger partial charge in [0.1, 0.15) is 11.6 Å². The van der Waals surface area contributed by atoms with Crippen molar-refractivity contribution >= 4 is 5.69 Å². The predicted octanol–water partition coefficient (Wildman–Crippen LogP) is 3.45. The number of aromatic amines is 1. The van der Waals surface area contributed by atoms with Crippen molar-refractivity contribution in [3.8, 4) is 11.4 Å². The van der Waals surface area contributed by atoms with Gasteiger partial charge in [-0.3, -0.25) is 0 Å². The standard InChI is InChI=1S/C18H21N5/c1-12-13(2)22-18(21-12)14-5-3-6-15(9-14)19-10-16-11-20-17-7-4-8-23(16)17/h3,5-6,9,11,19H,4,7-8,10H2,1-2H3,(H,21,22). The second-order valence-corrected chi connectivity index (χ2v) is 6.15. The highest BCUT2D eigenvalue weighted by molar-refractivity contribution is 5.63. The molecule has 118 valence electrons. The molecule has 0 amide bonds. The molecule has 0 fully saturated rings. The SMILES string of the molecule is Cc1nc(-c2cccc(NCc3cnc4n3CCC4)c2)[nH]c1C. The Hall–Kier alpha value is -2.56. The molecule has 0 radical (unpaired) electrons. The first-order valence-corrected chi connectivity index (χ1v) is 8.11. The van der Waals surface area contributed by atoms with E-state index in [9.17, 15) is 0 Å². The van der Waals surface area contributed by atoms with Crippen molar-refractivity contribution in [1.82, 2.24) is 19.5 Å². The topological polar surface area (TPSA) is 58.5 Å². The fourth-order valence-electron chi connectivity index (χ4n) is 3.12. The van der Waals surface area contributed by atoms with Gasteiger partial charge in [0.2, 0.25) is 0 Å². The highest BCUT2D eigenvalue weighted by Gasteiger charge is 2.15. The highest BCUT2D eigenvalue weighted by atomic mass is 15.1. The first-order valence-electron chi connectivity index (χ1n) is 8.11. The van der Waals surface area contributed by atoms with E-state index in [-0.39, 0.29) is 0 Å². The van der Waals surface area contributed by atoms with Crippen molar-refractivity contribution in [2.75, 3.05) is 5.32 Å². The average Bonchev–Trinajstić information content (AvgIpc) is 3.23. The fraction of sp³-hybridized carbons (Fsp3) is 0.333. The molecule has 3 heterocycles. The Morgan fingerprint density at radius 2 is 2.22 bits per heavy atom. The summed E-state index contributed by atoms with van der Waals surface area (Å²) in [5, 5.41) is 3.51. The van der Waals surface area contributed by atoms with Gasteiger partial charge in [-0.05, 0) is 32.4 Å². The summed E-state index contributed by atoms with van der Waals surface area (Å²) in [7, 11) is 0. The van der Waals surface area contributed by atoms with Gasteiger partial charge in [0.25, 0.3) is 0 Å². The molecule has 1 aliphatic rings. The first kappa shape index (κ1) is 14.1. The van der Waals surface area contributed by atoms with Gasteiger partial charge in [-0.1, -0.05) is 12.1 Å². The molecular weight excluding hydrogens is 286 g/mol. The number of imidazole rings is 2. The predicted molar refractivity (Wildman–Crippen MR) is 91.4 cm³/mol. The van der Waals surface area contributed by atoms with Crippen molar-refractivity contribution in [3.63, 3.8) is 0 Å². The van der Waals surface area contributed by atoms with Crippen LogP contribution in [0.2, 0.25) is 0 Å². The zero-order valence-electron chi connectivity index (χ0n) is 13.6. The summed E-state index contributed by atoms with van der Waals surface area (Å²) in [6.45, 7) is 5.97. The molecular formula is C18H21N5. The molecule has 2 N–H and O–H groups in total. The summed E-state index contributed by atoms with van der Waals surface area (Å²) in [6.07, 6.45) is 4.31. The number of aryl methyl sites for hydroxylation is 3. The van der Waals surface area contributed by atoms with Crippen LogP contribution in [0.3, 0.4) is 0 Å². The third-order valence-electron chi connectivity index (χ3n) is 4.54. The molecule has 0 spiro atoms. The number of nitrogens with one attached hydrogen (secondary N) is 2. The maximum absolute atomic E-state index is 4.58. The van der Waals surface area contributed by atoms with E-state index < -0.39 is 0 Å². The van der Waals surface area contributed by atoms with E-state index in [0.29, 0.717) is 0 Å². The van der Waals surface area contributed by atoms with E-state index in [1.54, 1.807) is 0 Å². The highest BCUT2D eigenvalue weighted by Crippen LogP contribution is 2.22. The number of aromatic nitrogens is 4. The van der Waals surface area contributed by atoms with Crippen molar-refractivity contribution in [2.24, 2.45) is 0 Å². The minimum atomic E-state index is 0.798. The zero-order chi connectivity index (χ0) is 15.8. The molecule has 0 atom stereocenters. The molecule has 23 heavy (non-hydrogen) atoms. The number of hydrogen-bond donors (Lipinski definition) is 2. The second kappa shape index (κ2) is 5.57. The normalized spacial score (nSPS) is 13.3. The Morgan fingerprint density at radius 1 is 1.30 bits per heavy atom. The van der Waals surface area contributed by atoms with Crippen molar-refractivity contribution in [2.45, 2.75) is 39.8 Å². The number of fused-ring (bicyclic) bond motifs is 1. The lowest BCUT2D eigenvalue weighted by atomic mass is 10.2. The van der Waals surface area contributed by atoms with Crippen molar-refractivity contribution in [1.29, 1.82) is 0 Å². The Kier molecular flexibility index (Phi) is 3.41. The van der Waals surface area contributed by atoms with Crippen LogP contribution >= 0.6 is 0 Å². The van der Waals surface area contributed by atoms with E-state index in [1.807, 2.05) is 20.0 Å². The van der Waals surface area contributed by atoms with E-state index in [4.69, 9.17) is 0 Å². The number of anilines is 1. The summed E-state index contributed by atoms with van der Waals surface area (Å²) >= 11 is 0. The quantitative estimate of drug-likeness (QED) is 0.776. The van der Waals surface area contributed by atoms with Gasteiger partial charge < -0.3 is 14.9 Å². The number of rotatable bonds is 4. The maximum atomic E-state index is 4.58. The molecule has 2 aromatic heterocycles. The molecule has 0 saturated carbocycles. The third-order valence-corrected chi connectivity index (χ3v) is 4.54. The Morgan fingerprint density at radius 3 is 3.04 bits per heavy atom. The number of H-pyrrole nitrogens is 1.